The largest absolute Gasteiger partial charge is 0.344 e. The van der Waals surface area contributed by atoms with Crippen LogP contribution < -0.4 is 5.69 Å². The Bertz CT molecular complexity index is 693. The normalized spacial score (nSPS) is 10.7. The summed E-state index contributed by atoms with van der Waals surface area (Å²) in [6.45, 7) is 5.76. The predicted molar refractivity (Wildman–Crippen MR) is 73.2 cm³/mol. The lowest BCUT2D eigenvalue weighted by Gasteiger charge is -2.08. The molecule has 0 aliphatic heterocycles. The number of nitrogens with zero attached hydrogens (tertiary/aromatic N) is 3. The van der Waals surface area contributed by atoms with Crippen LogP contribution in [0.1, 0.15) is 31.0 Å². The molecule has 19 heavy (non-hydrogen) atoms. The zero-order valence-corrected chi connectivity index (χ0v) is 11.8. The van der Waals surface area contributed by atoms with E-state index >= 15 is 0 Å². The maximum Gasteiger partial charge on any atom is 0.344 e. The third-order valence-corrected chi connectivity index (χ3v) is 3.68. The first-order valence-electron chi connectivity index (χ1n) is 5.88. The van der Waals surface area contributed by atoms with Crippen LogP contribution in [0.15, 0.2) is 33.0 Å². The molecule has 1 aromatic carbocycles. The molecule has 1 heterocycles. The van der Waals surface area contributed by atoms with Crippen molar-refractivity contribution >= 4 is 11.8 Å². The van der Waals surface area contributed by atoms with Gasteiger partial charge >= 0.3 is 5.69 Å². The van der Waals surface area contributed by atoms with Crippen molar-refractivity contribution in [3.05, 3.63) is 39.8 Å². The van der Waals surface area contributed by atoms with Crippen LogP contribution in [0, 0.1) is 18.3 Å². The van der Waals surface area contributed by atoms with Gasteiger partial charge in [0.1, 0.15) is 0 Å². The molecule has 98 valence electrons. The number of rotatable bonds is 3. The molecule has 2 aromatic rings. The van der Waals surface area contributed by atoms with E-state index in [0.717, 1.165) is 10.5 Å². The first-order chi connectivity index (χ1) is 9.02. The van der Waals surface area contributed by atoms with Crippen molar-refractivity contribution in [1.29, 1.82) is 5.26 Å². The van der Waals surface area contributed by atoms with Crippen LogP contribution in [-0.2, 0) is 0 Å². The molecule has 0 spiro atoms. The fourth-order valence-electron chi connectivity index (χ4n) is 1.75. The molecule has 6 heteroatoms. The van der Waals surface area contributed by atoms with Crippen molar-refractivity contribution in [2.45, 2.75) is 36.9 Å². The summed E-state index contributed by atoms with van der Waals surface area (Å²) in [5.74, 6) is 0. The van der Waals surface area contributed by atoms with Gasteiger partial charge in [-0.05, 0) is 56.3 Å². The van der Waals surface area contributed by atoms with Gasteiger partial charge in [0.2, 0.25) is 0 Å². The lowest BCUT2D eigenvalue weighted by Crippen LogP contribution is -2.19. The van der Waals surface area contributed by atoms with E-state index in [1.165, 1.54) is 11.8 Å². The van der Waals surface area contributed by atoms with E-state index in [4.69, 9.17) is 5.26 Å². The number of aromatic amines is 1. The first-order valence-corrected chi connectivity index (χ1v) is 6.70. The molecule has 0 atom stereocenters. The van der Waals surface area contributed by atoms with Crippen LogP contribution in [0.3, 0.4) is 0 Å². The van der Waals surface area contributed by atoms with Crippen LogP contribution in [0.2, 0.25) is 0 Å². The average Bonchev–Trinajstić information content (AvgIpc) is 2.70. The molecule has 0 radical (unpaired) electrons. The number of aryl methyl sites for hydroxylation is 1. The fraction of sp³-hybridized carbons (Fsp3) is 0.308. The third-order valence-electron chi connectivity index (χ3n) is 2.72. The number of H-pyrrole nitrogens is 1. The van der Waals surface area contributed by atoms with Gasteiger partial charge in [-0.25, -0.2) is 9.89 Å². The van der Waals surface area contributed by atoms with Gasteiger partial charge in [-0.2, -0.15) is 5.26 Å². The summed E-state index contributed by atoms with van der Waals surface area (Å²) in [5, 5.41) is 16.0. The zero-order chi connectivity index (χ0) is 14.0. The van der Waals surface area contributed by atoms with Crippen LogP contribution in [0.5, 0.6) is 0 Å². The molecular weight excluding hydrogens is 260 g/mol. The molecule has 2 rings (SSSR count). The highest BCUT2D eigenvalue weighted by atomic mass is 32.2. The number of benzene rings is 1. The summed E-state index contributed by atoms with van der Waals surface area (Å²) < 4.78 is 1.61. The Morgan fingerprint density at radius 2 is 2.21 bits per heavy atom. The van der Waals surface area contributed by atoms with E-state index in [0.29, 0.717) is 10.7 Å². The Morgan fingerprint density at radius 3 is 2.79 bits per heavy atom. The number of aromatic nitrogens is 3. The standard InChI is InChI=1S/C13H14N4OS/c1-8(2)17-12(18)15-16-13(17)19-11-5-4-10(7-14)9(3)6-11/h4-6,8H,1-3H3,(H,15,18). The number of nitrogens with one attached hydrogen (secondary N) is 1. The molecule has 0 bridgehead atoms. The molecule has 0 saturated heterocycles. The van der Waals surface area contributed by atoms with Crippen molar-refractivity contribution in [2.75, 3.05) is 0 Å². The Morgan fingerprint density at radius 1 is 1.47 bits per heavy atom. The Labute approximate surface area is 115 Å². The minimum atomic E-state index is -0.206. The quantitative estimate of drug-likeness (QED) is 0.933. The van der Waals surface area contributed by atoms with Gasteiger partial charge in [0.05, 0.1) is 11.6 Å². The highest BCUT2D eigenvalue weighted by Crippen LogP contribution is 2.27. The maximum absolute atomic E-state index is 11.6. The van der Waals surface area contributed by atoms with Crippen molar-refractivity contribution in [2.24, 2.45) is 0 Å². The summed E-state index contributed by atoms with van der Waals surface area (Å²) in [6.07, 6.45) is 0. The molecule has 0 unspecified atom stereocenters. The molecule has 0 aliphatic rings. The average molecular weight is 274 g/mol. The van der Waals surface area contributed by atoms with Gasteiger partial charge < -0.3 is 0 Å². The van der Waals surface area contributed by atoms with Gasteiger partial charge in [-0.3, -0.25) is 4.57 Å². The highest BCUT2D eigenvalue weighted by Gasteiger charge is 2.13. The van der Waals surface area contributed by atoms with E-state index in [9.17, 15) is 4.79 Å². The van der Waals surface area contributed by atoms with Gasteiger partial charge in [0, 0.05) is 10.9 Å². The molecular formula is C13H14N4OS. The van der Waals surface area contributed by atoms with E-state index < -0.39 is 0 Å². The topological polar surface area (TPSA) is 74.5 Å². The third kappa shape index (κ3) is 2.71. The fourth-order valence-corrected chi connectivity index (χ4v) is 2.81. The summed E-state index contributed by atoms with van der Waals surface area (Å²) in [5.41, 5.74) is 1.37. The minimum Gasteiger partial charge on any atom is -0.267 e. The van der Waals surface area contributed by atoms with Crippen LogP contribution in [-0.4, -0.2) is 14.8 Å². The molecule has 1 aromatic heterocycles. The van der Waals surface area contributed by atoms with Gasteiger partial charge in [-0.1, -0.05) is 0 Å². The van der Waals surface area contributed by atoms with Gasteiger partial charge in [0.25, 0.3) is 0 Å². The molecule has 0 aliphatic carbocycles. The number of hydrogen-bond donors (Lipinski definition) is 1. The predicted octanol–water partition coefficient (Wildman–Crippen LogP) is 2.48. The van der Waals surface area contributed by atoms with Crippen LogP contribution in [0.25, 0.3) is 0 Å². The first kappa shape index (κ1) is 13.4. The smallest absolute Gasteiger partial charge is 0.267 e. The summed E-state index contributed by atoms with van der Waals surface area (Å²) in [6, 6.07) is 7.75. The Hall–Kier alpha value is -2.00. The molecule has 5 nitrogen and oxygen atoms in total. The van der Waals surface area contributed by atoms with E-state index in [-0.39, 0.29) is 11.7 Å². The molecule has 0 amide bonds. The second-order valence-electron chi connectivity index (χ2n) is 4.47. The van der Waals surface area contributed by atoms with Crippen LogP contribution >= 0.6 is 11.8 Å². The second kappa shape index (κ2) is 5.33. The second-order valence-corrected chi connectivity index (χ2v) is 5.51. The number of hydrogen-bond acceptors (Lipinski definition) is 4. The maximum atomic E-state index is 11.6. The summed E-state index contributed by atoms with van der Waals surface area (Å²) in [7, 11) is 0. The Balaban J connectivity index is 2.35. The highest BCUT2D eigenvalue weighted by molar-refractivity contribution is 7.99. The van der Waals surface area contributed by atoms with E-state index in [1.807, 2.05) is 32.9 Å². The molecule has 0 saturated carbocycles. The van der Waals surface area contributed by atoms with Crippen LogP contribution in [0.4, 0.5) is 0 Å². The van der Waals surface area contributed by atoms with Crippen molar-refractivity contribution in [1.82, 2.24) is 14.8 Å². The van der Waals surface area contributed by atoms with Gasteiger partial charge in [-0.15, -0.1) is 5.10 Å². The van der Waals surface area contributed by atoms with E-state index in [2.05, 4.69) is 16.3 Å². The zero-order valence-electron chi connectivity index (χ0n) is 11.0. The SMILES string of the molecule is Cc1cc(Sc2n[nH]c(=O)n2C(C)C)ccc1C#N. The lowest BCUT2D eigenvalue weighted by atomic mass is 10.1. The van der Waals surface area contributed by atoms with Gasteiger partial charge in [0.15, 0.2) is 5.16 Å². The molecule has 0 fully saturated rings. The monoisotopic (exact) mass is 274 g/mol. The summed E-state index contributed by atoms with van der Waals surface area (Å²) >= 11 is 1.41. The van der Waals surface area contributed by atoms with Crippen molar-refractivity contribution in [3.8, 4) is 6.07 Å². The lowest BCUT2D eigenvalue weighted by molar-refractivity contribution is 0.534. The minimum absolute atomic E-state index is 0.0493. The van der Waals surface area contributed by atoms with Crippen molar-refractivity contribution in [3.63, 3.8) is 0 Å². The summed E-state index contributed by atoms with van der Waals surface area (Å²) in [4.78, 5) is 12.6. The molecule has 1 N–H and O–H groups in total. The van der Waals surface area contributed by atoms with Crippen molar-refractivity contribution < 1.29 is 0 Å². The van der Waals surface area contributed by atoms with E-state index in [1.54, 1.807) is 10.6 Å². The Kier molecular flexibility index (Phi) is 3.76. The number of nitriles is 1.